The van der Waals surface area contributed by atoms with E-state index in [4.69, 9.17) is 11.6 Å². The zero-order valence-electron chi connectivity index (χ0n) is 21.9. The molecular formula is C29H34ClN3O4S. The molecule has 3 rings (SSSR count). The molecule has 0 fully saturated rings. The molecule has 0 radical (unpaired) electrons. The van der Waals surface area contributed by atoms with Crippen LogP contribution in [0.15, 0.2) is 83.8 Å². The van der Waals surface area contributed by atoms with Crippen LogP contribution in [0.5, 0.6) is 0 Å². The van der Waals surface area contributed by atoms with Crippen LogP contribution in [0.3, 0.4) is 0 Å². The van der Waals surface area contributed by atoms with Crippen molar-refractivity contribution in [3.05, 3.63) is 95.0 Å². The van der Waals surface area contributed by atoms with Crippen LogP contribution in [0.1, 0.15) is 37.8 Å². The second kappa shape index (κ2) is 13.4. The average molecular weight is 556 g/mol. The highest BCUT2D eigenvalue weighted by atomic mass is 35.5. The highest BCUT2D eigenvalue weighted by Crippen LogP contribution is 2.26. The predicted molar refractivity (Wildman–Crippen MR) is 152 cm³/mol. The molecule has 0 unspecified atom stereocenters. The summed E-state index contributed by atoms with van der Waals surface area (Å²) >= 11 is 6.06. The van der Waals surface area contributed by atoms with E-state index in [9.17, 15) is 18.0 Å². The summed E-state index contributed by atoms with van der Waals surface area (Å²) in [5.41, 5.74) is 2.15. The summed E-state index contributed by atoms with van der Waals surface area (Å²) in [6.45, 7) is 5.91. The first-order valence-electron chi connectivity index (χ1n) is 12.6. The Hall–Kier alpha value is -3.36. The van der Waals surface area contributed by atoms with E-state index in [-0.39, 0.29) is 17.3 Å². The standard InChI is InChI=1S/C29H34ClN3O4S/c1-4-19-31-29(35)27(5-2)32(20-23-12-10-9-11-22(23)3)28(34)21-33(25-17-15-24(30)16-18-25)38(36,37)26-13-7-6-8-14-26/h6-18,27H,4-5,19-21H2,1-3H3,(H,31,35)/t27-/m1/s1. The van der Waals surface area contributed by atoms with E-state index in [1.165, 1.54) is 17.0 Å². The number of rotatable bonds is 12. The Kier molecular flexibility index (Phi) is 10.3. The van der Waals surface area contributed by atoms with Crippen molar-refractivity contribution in [3.8, 4) is 0 Å². The highest BCUT2D eigenvalue weighted by molar-refractivity contribution is 7.92. The first-order valence-corrected chi connectivity index (χ1v) is 14.5. The molecule has 38 heavy (non-hydrogen) atoms. The number of hydrogen-bond acceptors (Lipinski definition) is 4. The topological polar surface area (TPSA) is 86.8 Å². The van der Waals surface area contributed by atoms with E-state index < -0.39 is 28.5 Å². The van der Waals surface area contributed by atoms with Crippen LogP contribution >= 0.6 is 11.6 Å². The van der Waals surface area contributed by atoms with E-state index in [0.717, 1.165) is 21.9 Å². The molecule has 7 nitrogen and oxygen atoms in total. The van der Waals surface area contributed by atoms with Gasteiger partial charge in [-0.3, -0.25) is 13.9 Å². The van der Waals surface area contributed by atoms with Gasteiger partial charge in [0.2, 0.25) is 11.8 Å². The molecule has 1 atom stereocenters. The van der Waals surface area contributed by atoms with Gasteiger partial charge in [-0.25, -0.2) is 8.42 Å². The molecule has 9 heteroatoms. The molecular weight excluding hydrogens is 522 g/mol. The number of aryl methyl sites for hydroxylation is 1. The lowest BCUT2D eigenvalue weighted by atomic mass is 10.1. The number of nitrogens with zero attached hydrogens (tertiary/aromatic N) is 2. The third-order valence-corrected chi connectivity index (χ3v) is 8.30. The second-order valence-electron chi connectivity index (χ2n) is 8.96. The normalized spacial score (nSPS) is 12.0. The summed E-state index contributed by atoms with van der Waals surface area (Å²) < 4.78 is 28.6. The van der Waals surface area contributed by atoms with Gasteiger partial charge in [-0.05, 0) is 67.3 Å². The Morgan fingerprint density at radius 1 is 0.921 bits per heavy atom. The summed E-state index contributed by atoms with van der Waals surface area (Å²) in [5.74, 6) is -0.749. The molecule has 0 aromatic heterocycles. The summed E-state index contributed by atoms with van der Waals surface area (Å²) in [7, 11) is -4.10. The van der Waals surface area contributed by atoms with E-state index in [1.807, 2.05) is 45.0 Å². The van der Waals surface area contributed by atoms with Gasteiger partial charge in [0.25, 0.3) is 10.0 Å². The van der Waals surface area contributed by atoms with Gasteiger partial charge >= 0.3 is 0 Å². The monoisotopic (exact) mass is 555 g/mol. The van der Waals surface area contributed by atoms with Gasteiger partial charge in [0.15, 0.2) is 0 Å². The van der Waals surface area contributed by atoms with Crippen molar-refractivity contribution in [1.29, 1.82) is 0 Å². The number of amides is 2. The molecule has 0 saturated carbocycles. The van der Waals surface area contributed by atoms with Crippen molar-refractivity contribution in [3.63, 3.8) is 0 Å². The summed E-state index contributed by atoms with van der Waals surface area (Å²) in [6, 6.07) is 21.1. The maximum Gasteiger partial charge on any atom is 0.264 e. The number of halogens is 1. The Morgan fingerprint density at radius 3 is 2.16 bits per heavy atom. The van der Waals surface area contributed by atoms with Crippen LogP contribution < -0.4 is 9.62 Å². The van der Waals surface area contributed by atoms with Gasteiger partial charge < -0.3 is 10.2 Å². The number of benzene rings is 3. The van der Waals surface area contributed by atoms with Gasteiger partial charge in [0.1, 0.15) is 12.6 Å². The lowest BCUT2D eigenvalue weighted by Crippen LogP contribution is -2.52. The fraction of sp³-hybridized carbons (Fsp3) is 0.310. The maximum atomic E-state index is 14.0. The molecule has 0 aliphatic rings. The lowest BCUT2D eigenvalue weighted by Gasteiger charge is -2.33. The van der Waals surface area contributed by atoms with Crippen molar-refractivity contribution in [2.45, 2.75) is 51.1 Å². The van der Waals surface area contributed by atoms with Gasteiger partial charge in [0.05, 0.1) is 10.6 Å². The van der Waals surface area contributed by atoms with Gasteiger partial charge in [0, 0.05) is 18.1 Å². The number of anilines is 1. The fourth-order valence-electron chi connectivity index (χ4n) is 4.11. The Bertz CT molecular complexity index is 1330. The zero-order valence-corrected chi connectivity index (χ0v) is 23.5. The quantitative estimate of drug-likeness (QED) is 0.334. The third kappa shape index (κ3) is 7.14. The summed E-state index contributed by atoms with van der Waals surface area (Å²) in [6.07, 6.45) is 1.13. The molecule has 0 spiro atoms. The van der Waals surface area contributed by atoms with Crippen molar-refractivity contribution in [2.75, 3.05) is 17.4 Å². The van der Waals surface area contributed by atoms with Crippen molar-refractivity contribution >= 4 is 39.1 Å². The SMILES string of the molecule is CCCNC(=O)[C@@H](CC)N(Cc1ccccc1C)C(=O)CN(c1ccc(Cl)cc1)S(=O)(=O)c1ccccc1. The number of nitrogens with one attached hydrogen (secondary N) is 1. The van der Waals surface area contributed by atoms with Crippen molar-refractivity contribution in [2.24, 2.45) is 0 Å². The Balaban J connectivity index is 2.04. The van der Waals surface area contributed by atoms with Gasteiger partial charge in [-0.2, -0.15) is 0 Å². The van der Waals surface area contributed by atoms with Crippen LogP contribution in [-0.2, 0) is 26.2 Å². The van der Waals surface area contributed by atoms with Crippen molar-refractivity contribution in [1.82, 2.24) is 10.2 Å². The average Bonchev–Trinajstić information content (AvgIpc) is 2.92. The van der Waals surface area contributed by atoms with Crippen LogP contribution in [0.25, 0.3) is 0 Å². The number of carbonyl (C=O) groups excluding carboxylic acids is 2. The van der Waals surface area contributed by atoms with Crippen LogP contribution in [0.2, 0.25) is 5.02 Å². The minimum atomic E-state index is -4.10. The largest absolute Gasteiger partial charge is 0.354 e. The van der Waals surface area contributed by atoms with Crippen LogP contribution in [-0.4, -0.2) is 44.3 Å². The maximum absolute atomic E-state index is 14.0. The molecule has 0 heterocycles. The molecule has 0 bridgehead atoms. The first-order chi connectivity index (χ1) is 18.2. The van der Waals surface area contributed by atoms with E-state index in [2.05, 4.69) is 5.32 Å². The molecule has 0 saturated heterocycles. The first kappa shape index (κ1) is 29.2. The van der Waals surface area contributed by atoms with Gasteiger partial charge in [-0.1, -0.05) is 67.9 Å². The fourth-order valence-corrected chi connectivity index (χ4v) is 5.67. The highest BCUT2D eigenvalue weighted by Gasteiger charge is 2.33. The number of sulfonamides is 1. The summed E-state index contributed by atoms with van der Waals surface area (Å²) in [4.78, 5) is 28.6. The predicted octanol–water partition coefficient (Wildman–Crippen LogP) is 5.18. The molecule has 2 amide bonds. The molecule has 0 aliphatic heterocycles. The van der Waals surface area contributed by atoms with E-state index >= 15 is 0 Å². The Labute approximate surface area is 230 Å². The number of hydrogen-bond donors (Lipinski definition) is 1. The van der Waals surface area contributed by atoms with Crippen LogP contribution in [0, 0.1) is 6.92 Å². The lowest BCUT2D eigenvalue weighted by molar-refractivity contribution is -0.140. The second-order valence-corrected chi connectivity index (χ2v) is 11.3. The molecule has 3 aromatic carbocycles. The molecule has 3 aromatic rings. The zero-order chi connectivity index (χ0) is 27.7. The molecule has 1 N–H and O–H groups in total. The molecule has 0 aliphatic carbocycles. The smallest absolute Gasteiger partial charge is 0.264 e. The van der Waals surface area contributed by atoms with Crippen molar-refractivity contribution < 1.29 is 18.0 Å². The van der Waals surface area contributed by atoms with Gasteiger partial charge in [-0.15, -0.1) is 0 Å². The Morgan fingerprint density at radius 2 is 1.55 bits per heavy atom. The molecule has 202 valence electrons. The number of carbonyl (C=O) groups is 2. The third-order valence-electron chi connectivity index (χ3n) is 6.26. The minimum Gasteiger partial charge on any atom is -0.354 e. The van der Waals surface area contributed by atoms with Crippen LogP contribution in [0.4, 0.5) is 5.69 Å². The summed E-state index contributed by atoms with van der Waals surface area (Å²) in [5, 5.41) is 3.33. The van der Waals surface area contributed by atoms with E-state index in [0.29, 0.717) is 23.7 Å². The minimum absolute atomic E-state index is 0.0564. The van der Waals surface area contributed by atoms with E-state index in [1.54, 1.807) is 42.5 Å².